The normalized spacial score (nSPS) is 18.3. The van der Waals surface area contributed by atoms with Crippen molar-refractivity contribution in [1.29, 1.82) is 0 Å². The fraction of sp³-hybridized carbons (Fsp3) is 0.389. The van der Waals surface area contributed by atoms with Crippen molar-refractivity contribution in [2.45, 2.75) is 26.8 Å². The molecule has 13 heteroatoms. The SMILES string of the molecule is COP1(=O)N=C(c2c(O)cnn(CCC(C)C)c2=O)Nc2ccc(NS(C)(=O)=O)cc21. The Hall–Kier alpha value is -2.69. The van der Waals surface area contributed by atoms with Gasteiger partial charge in [0.2, 0.25) is 10.0 Å². The van der Waals surface area contributed by atoms with Gasteiger partial charge in [-0.25, -0.2) is 13.1 Å². The van der Waals surface area contributed by atoms with Gasteiger partial charge >= 0.3 is 7.52 Å². The van der Waals surface area contributed by atoms with Crippen LogP contribution in [0.5, 0.6) is 5.75 Å². The van der Waals surface area contributed by atoms with Gasteiger partial charge in [-0.1, -0.05) is 13.8 Å². The van der Waals surface area contributed by atoms with Crippen LogP contribution in [0, 0.1) is 5.92 Å². The summed E-state index contributed by atoms with van der Waals surface area (Å²) in [5.74, 6) is -0.199. The van der Waals surface area contributed by atoms with Crippen molar-refractivity contribution < 1.29 is 22.6 Å². The van der Waals surface area contributed by atoms with Gasteiger partial charge in [-0.3, -0.25) is 14.1 Å². The Balaban J connectivity index is 2.09. The Bertz CT molecular complexity index is 1250. The Labute approximate surface area is 179 Å². The Morgan fingerprint density at radius 3 is 2.68 bits per heavy atom. The van der Waals surface area contributed by atoms with E-state index >= 15 is 0 Å². The molecule has 168 valence electrons. The van der Waals surface area contributed by atoms with E-state index in [-0.39, 0.29) is 22.4 Å². The number of nitrogens with zero attached hydrogens (tertiary/aromatic N) is 3. The number of rotatable bonds is 7. The van der Waals surface area contributed by atoms with Crippen LogP contribution in [0.15, 0.2) is 34.0 Å². The predicted molar refractivity (Wildman–Crippen MR) is 119 cm³/mol. The minimum Gasteiger partial charge on any atom is -0.505 e. The van der Waals surface area contributed by atoms with Crippen molar-refractivity contribution in [2.75, 3.05) is 23.4 Å². The van der Waals surface area contributed by atoms with Gasteiger partial charge in [-0.2, -0.15) is 9.86 Å². The number of hydrogen-bond donors (Lipinski definition) is 3. The molecule has 1 aromatic carbocycles. The van der Waals surface area contributed by atoms with E-state index in [1.54, 1.807) is 0 Å². The third-order valence-electron chi connectivity index (χ3n) is 4.52. The van der Waals surface area contributed by atoms with E-state index in [2.05, 4.69) is 19.9 Å². The highest BCUT2D eigenvalue weighted by Crippen LogP contribution is 2.51. The summed E-state index contributed by atoms with van der Waals surface area (Å²) in [5.41, 5.74) is -0.284. The third kappa shape index (κ3) is 4.97. The van der Waals surface area contributed by atoms with Crippen molar-refractivity contribution in [3.63, 3.8) is 0 Å². The van der Waals surface area contributed by atoms with Crippen molar-refractivity contribution in [1.82, 2.24) is 9.78 Å². The summed E-state index contributed by atoms with van der Waals surface area (Å²) in [6, 6.07) is 4.29. The zero-order chi connectivity index (χ0) is 23.0. The molecule has 0 spiro atoms. The highest BCUT2D eigenvalue weighted by atomic mass is 32.2. The third-order valence-corrected chi connectivity index (χ3v) is 7.06. The molecule has 2 heterocycles. The first-order chi connectivity index (χ1) is 14.4. The van der Waals surface area contributed by atoms with E-state index in [4.69, 9.17) is 4.52 Å². The van der Waals surface area contributed by atoms with Crippen molar-refractivity contribution in [2.24, 2.45) is 10.7 Å². The highest BCUT2D eigenvalue weighted by molar-refractivity contribution is 7.92. The largest absolute Gasteiger partial charge is 0.505 e. The monoisotopic (exact) mass is 469 g/mol. The first kappa shape index (κ1) is 23.0. The summed E-state index contributed by atoms with van der Waals surface area (Å²) in [5, 5.41) is 17.3. The van der Waals surface area contributed by atoms with Gasteiger partial charge in [0.05, 0.1) is 23.4 Å². The van der Waals surface area contributed by atoms with Gasteiger partial charge in [0.15, 0.2) is 11.6 Å². The minimum absolute atomic E-state index is 0.121. The van der Waals surface area contributed by atoms with E-state index in [1.807, 2.05) is 13.8 Å². The van der Waals surface area contributed by atoms with Crippen LogP contribution in [0.25, 0.3) is 0 Å². The smallest absolute Gasteiger partial charge is 0.348 e. The summed E-state index contributed by atoms with van der Waals surface area (Å²) in [4.78, 5) is 12.9. The van der Waals surface area contributed by atoms with Crippen LogP contribution < -0.4 is 20.9 Å². The van der Waals surface area contributed by atoms with E-state index in [0.717, 1.165) is 12.5 Å². The number of anilines is 2. The summed E-state index contributed by atoms with van der Waals surface area (Å²) in [6.07, 6.45) is 2.83. The zero-order valence-electron chi connectivity index (χ0n) is 17.5. The number of nitrogens with one attached hydrogen (secondary N) is 2. The molecular formula is C18H24N5O6PS. The molecule has 0 aliphatic carbocycles. The van der Waals surface area contributed by atoms with Crippen LogP contribution in [-0.2, 0) is 25.7 Å². The first-order valence-electron chi connectivity index (χ1n) is 9.38. The Kier molecular flexibility index (Phi) is 6.26. The number of sulfonamides is 1. The summed E-state index contributed by atoms with van der Waals surface area (Å²) in [6.45, 7) is 4.37. The zero-order valence-corrected chi connectivity index (χ0v) is 19.2. The van der Waals surface area contributed by atoms with Crippen molar-refractivity contribution >= 4 is 40.1 Å². The van der Waals surface area contributed by atoms with Crippen LogP contribution >= 0.6 is 7.52 Å². The van der Waals surface area contributed by atoms with Gasteiger partial charge in [-0.15, -0.1) is 0 Å². The number of fused-ring (bicyclic) bond motifs is 1. The van der Waals surface area contributed by atoms with Crippen molar-refractivity contribution in [3.05, 3.63) is 40.3 Å². The number of aromatic hydroxyl groups is 1. The Morgan fingerprint density at radius 1 is 1.35 bits per heavy atom. The van der Waals surface area contributed by atoms with E-state index in [9.17, 15) is 22.9 Å². The lowest BCUT2D eigenvalue weighted by Gasteiger charge is -2.25. The summed E-state index contributed by atoms with van der Waals surface area (Å²) < 4.78 is 49.2. The summed E-state index contributed by atoms with van der Waals surface area (Å²) in [7, 11) is -6.23. The molecule has 0 radical (unpaired) electrons. The van der Waals surface area contributed by atoms with E-state index in [0.29, 0.717) is 24.6 Å². The lowest BCUT2D eigenvalue weighted by Crippen LogP contribution is -2.34. The predicted octanol–water partition coefficient (Wildman–Crippen LogP) is 1.70. The second kappa shape index (κ2) is 8.45. The van der Waals surface area contributed by atoms with Crippen LogP contribution in [0.1, 0.15) is 25.8 Å². The van der Waals surface area contributed by atoms with Crippen LogP contribution in [0.3, 0.4) is 0 Å². The average Bonchev–Trinajstić information content (AvgIpc) is 2.66. The van der Waals surface area contributed by atoms with E-state index in [1.165, 1.54) is 30.0 Å². The Morgan fingerprint density at radius 2 is 2.06 bits per heavy atom. The molecule has 1 aliphatic rings. The topological polar surface area (TPSA) is 152 Å². The number of amidine groups is 1. The molecule has 0 bridgehead atoms. The van der Waals surface area contributed by atoms with Crippen molar-refractivity contribution in [3.8, 4) is 5.75 Å². The number of benzene rings is 1. The minimum atomic E-state index is -3.87. The lowest BCUT2D eigenvalue weighted by molar-refractivity contribution is 0.404. The molecule has 2 aromatic rings. The summed E-state index contributed by atoms with van der Waals surface area (Å²) >= 11 is 0. The van der Waals surface area contributed by atoms with Crippen LogP contribution in [0.2, 0.25) is 0 Å². The number of aryl methyl sites for hydroxylation is 1. The molecule has 1 aromatic heterocycles. The fourth-order valence-electron chi connectivity index (χ4n) is 2.98. The number of hydrogen-bond acceptors (Lipinski definition) is 8. The maximum Gasteiger partial charge on any atom is 0.348 e. The maximum absolute atomic E-state index is 13.4. The quantitative estimate of drug-likeness (QED) is 0.518. The molecule has 0 saturated carbocycles. The molecular weight excluding hydrogens is 445 g/mol. The van der Waals surface area contributed by atoms with Crippen LogP contribution in [0.4, 0.5) is 11.4 Å². The van der Waals surface area contributed by atoms with Crippen LogP contribution in [-0.4, -0.2) is 42.5 Å². The average molecular weight is 469 g/mol. The lowest BCUT2D eigenvalue weighted by atomic mass is 10.1. The molecule has 3 N–H and O–H groups in total. The molecule has 0 amide bonds. The molecule has 1 atom stereocenters. The molecule has 0 fully saturated rings. The molecule has 31 heavy (non-hydrogen) atoms. The molecule has 1 aliphatic heterocycles. The fourth-order valence-corrected chi connectivity index (χ4v) is 5.07. The molecule has 11 nitrogen and oxygen atoms in total. The second-order valence-electron chi connectivity index (χ2n) is 7.50. The first-order valence-corrected chi connectivity index (χ1v) is 12.9. The van der Waals surface area contributed by atoms with Gasteiger partial charge in [0.25, 0.3) is 5.56 Å². The van der Waals surface area contributed by atoms with E-state index < -0.39 is 28.9 Å². The molecule has 0 saturated heterocycles. The molecule has 1 unspecified atom stereocenters. The standard InChI is InChI=1S/C18H24N5O6PS/c1-11(2)7-8-23-18(25)16(14(24)10-19-23)17-20-13-6-5-12(22-31(4,27)28)9-15(13)30(26,21-17)29-3/h5-6,9-11,22,24H,7-8H2,1-4H3,(H,20,21,26). The van der Waals surface area contributed by atoms with Gasteiger partial charge in [-0.05, 0) is 30.5 Å². The maximum atomic E-state index is 13.4. The molecule has 3 rings (SSSR count). The highest BCUT2D eigenvalue weighted by Gasteiger charge is 2.35. The van der Waals surface area contributed by atoms with Gasteiger partial charge in [0.1, 0.15) is 5.56 Å². The number of aromatic nitrogens is 2. The van der Waals surface area contributed by atoms with Gasteiger partial charge < -0.3 is 14.9 Å². The second-order valence-corrected chi connectivity index (χ2v) is 11.3. The van der Waals surface area contributed by atoms with Gasteiger partial charge in [0, 0.05) is 19.3 Å².